The number of aromatic nitrogens is 1. The minimum atomic E-state index is -1.45. The third-order valence-corrected chi connectivity index (χ3v) is 3.68. The van der Waals surface area contributed by atoms with Gasteiger partial charge in [0, 0.05) is 5.56 Å². The zero-order valence-corrected chi connectivity index (χ0v) is 13.3. The first-order valence-corrected chi connectivity index (χ1v) is 7.18. The summed E-state index contributed by atoms with van der Waals surface area (Å²) >= 11 is 11.7. The van der Waals surface area contributed by atoms with Crippen molar-refractivity contribution in [3.63, 3.8) is 0 Å². The molecular weight excluding hydrogens is 347 g/mol. The van der Waals surface area contributed by atoms with Crippen molar-refractivity contribution in [3.8, 4) is 11.5 Å². The summed E-state index contributed by atoms with van der Waals surface area (Å²) in [5.74, 6) is -2.02. The molecular formula is C14H12Cl2N2O5. The van der Waals surface area contributed by atoms with Crippen LogP contribution in [-0.4, -0.2) is 39.2 Å². The normalized spacial score (nSPS) is 13.4. The monoisotopic (exact) mass is 358 g/mol. The fourth-order valence-corrected chi connectivity index (χ4v) is 2.04. The van der Waals surface area contributed by atoms with Gasteiger partial charge in [-0.25, -0.2) is 9.78 Å². The molecule has 23 heavy (non-hydrogen) atoms. The SMILES string of the molecule is CC(O)C(NC(=O)c1coc(-c2ccc(Cl)c(Cl)c2)n1)C(=O)O. The number of carbonyl (C=O) groups excluding carboxylic acids is 1. The summed E-state index contributed by atoms with van der Waals surface area (Å²) in [5, 5.41) is 21.1. The summed E-state index contributed by atoms with van der Waals surface area (Å²) < 4.78 is 5.19. The Bertz CT molecular complexity index is 745. The van der Waals surface area contributed by atoms with Gasteiger partial charge in [0.1, 0.15) is 6.26 Å². The van der Waals surface area contributed by atoms with E-state index in [9.17, 15) is 14.7 Å². The Morgan fingerprint density at radius 1 is 1.30 bits per heavy atom. The van der Waals surface area contributed by atoms with Crippen LogP contribution in [0.5, 0.6) is 0 Å². The topological polar surface area (TPSA) is 113 Å². The summed E-state index contributed by atoms with van der Waals surface area (Å²) in [7, 11) is 0. The summed E-state index contributed by atoms with van der Waals surface area (Å²) in [4.78, 5) is 26.9. The van der Waals surface area contributed by atoms with Crippen molar-refractivity contribution in [3.05, 3.63) is 40.2 Å². The van der Waals surface area contributed by atoms with Crippen LogP contribution in [0.4, 0.5) is 0 Å². The Morgan fingerprint density at radius 3 is 2.57 bits per heavy atom. The molecule has 0 saturated carbocycles. The fourth-order valence-electron chi connectivity index (χ4n) is 1.74. The standard InChI is InChI=1S/C14H12Cl2N2O5/c1-6(19)11(14(21)22)18-12(20)10-5-23-13(17-10)7-2-3-8(15)9(16)4-7/h2-6,11,19H,1H3,(H,18,20)(H,21,22). The van der Waals surface area contributed by atoms with E-state index in [0.717, 1.165) is 6.26 Å². The van der Waals surface area contributed by atoms with E-state index in [4.69, 9.17) is 32.7 Å². The van der Waals surface area contributed by atoms with E-state index in [1.54, 1.807) is 12.1 Å². The van der Waals surface area contributed by atoms with E-state index in [1.165, 1.54) is 13.0 Å². The molecule has 1 aromatic heterocycles. The summed E-state index contributed by atoms with van der Waals surface area (Å²) in [6.07, 6.45) is -0.188. The van der Waals surface area contributed by atoms with Gasteiger partial charge in [-0.3, -0.25) is 4.79 Å². The van der Waals surface area contributed by atoms with Gasteiger partial charge in [-0.2, -0.15) is 0 Å². The second-order valence-corrected chi connectivity index (χ2v) is 5.51. The molecule has 7 nitrogen and oxygen atoms in total. The average Bonchev–Trinajstić information content (AvgIpc) is 2.96. The average molecular weight is 359 g/mol. The van der Waals surface area contributed by atoms with E-state index in [2.05, 4.69) is 10.3 Å². The van der Waals surface area contributed by atoms with Gasteiger partial charge in [0.2, 0.25) is 5.89 Å². The highest BCUT2D eigenvalue weighted by Gasteiger charge is 2.26. The Balaban J connectivity index is 2.19. The number of hydrogen-bond acceptors (Lipinski definition) is 5. The number of nitrogens with one attached hydrogen (secondary N) is 1. The quantitative estimate of drug-likeness (QED) is 0.755. The Hall–Kier alpha value is -2.09. The number of aliphatic hydroxyl groups excluding tert-OH is 1. The maximum Gasteiger partial charge on any atom is 0.328 e. The minimum absolute atomic E-state index is 0.123. The van der Waals surface area contributed by atoms with Crippen molar-refractivity contribution < 1.29 is 24.2 Å². The zero-order chi connectivity index (χ0) is 17.1. The summed E-state index contributed by atoms with van der Waals surface area (Å²) in [6.45, 7) is 1.25. The number of halogens is 2. The highest BCUT2D eigenvalue weighted by atomic mass is 35.5. The number of amides is 1. The number of carboxylic acids is 1. The van der Waals surface area contributed by atoms with Crippen molar-refractivity contribution in [2.75, 3.05) is 0 Å². The molecule has 0 aliphatic carbocycles. The molecule has 0 aliphatic rings. The molecule has 9 heteroatoms. The first-order valence-electron chi connectivity index (χ1n) is 6.42. The van der Waals surface area contributed by atoms with Gasteiger partial charge < -0.3 is 19.9 Å². The number of carbonyl (C=O) groups is 2. The van der Waals surface area contributed by atoms with Gasteiger partial charge in [0.25, 0.3) is 5.91 Å². The van der Waals surface area contributed by atoms with E-state index < -0.39 is 24.0 Å². The molecule has 3 N–H and O–H groups in total. The van der Waals surface area contributed by atoms with E-state index >= 15 is 0 Å². The molecule has 122 valence electrons. The maximum atomic E-state index is 12.0. The lowest BCUT2D eigenvalue weighted by Crippen LogP contribution is -2.47. The molecule has 1 aromatic carbocycles. The van der Waals surface area contributed by atoms with Gasteiger partial charge in [-0.05, 0) is 25.1 Å². The van der Waals surface area contributed by atoms with Crippen LogP contribution in [0.15, 0.2) is 28.9 Å². The Labute approximate surface area is 140 Å². The fraction of sp³-hybridized carbons (Fsp3) is 0.214. The number of rotatable bonds is 5. The Morgan fingerprint density at radius 2 is 2.00 bits per heavy atom. The molecule has 0 radical (unpaired) electrons. The number of oxazole rings is 1. The molecule has 0 spiro atoms. The lowest BCUT2D eigenvalue weighted by Gasteiger charge is -2.15. The second-order valence-electron chi connectivity index (χ2n) is 4.70. The lowest BCUT2D eigenvalue weighted by atomic mass is 10.2. The lowest BCUT2D eigenvalue weighted by molar-refractivity contribution is -0.141. The van der Waals surface area contributed by atoms with Crippen LogP contribution in [0.3, 0.4) is 0 Å². The van der Waals surface area contributed by atoms with Crippen molar-refractivity contribution in [1.29, 1.82) is 0 Å². The minimum Gasteiger partial charge on any atom is -0.480 e. The smallest absolute Gasteiger partial charge is 0.328 e. The van der Waals surface area contributed by atoms with Gasteiger partial charge in [0.05, 0.1) is 16.1 Å². The van der Waals surface area contributed by atoms with Crippen LogP contribution in [0.25, 0.3) is 11.5 Å². The van der Waals surface area contributed by atoms with E-state index in [-0.39, 0.29) is 11.6 Å². The van der Waals surface area contributed by atoms with Crippen LogP contribution in [-0.2, 0) is 4.79 Å². The molecule has 0 aliphatic heterocycles. The van der Waals surface area contributed by atoms with Crippen LogP contribution in [0.1, 0.15) is 17.4 Å². The molecule has 0 bridgehead atoms. The highest BCUT2D eigenvalue weighted by Crippen LogP contribution is 2.28. The molecule has 2 unspecified atom stereocenters. The van der Waals surface area contributed by atoms with Gasteiger partial charge in [-0.15, -0.1) is 0 Å². The first kappa shape index (κ1) is 17.3. The van der Waals surface area contributed by atoms with Gasteiger partial charge >= 0.3 is 5.97 Å². The van der Waals surface area contributed by atoms with E-state index in [0.29, 0.717) is 15.6 Å². The van der Waals surface area contributed by atoms with Crippen molar-refractivity contribution >= 4 is 35.1 Å². The van der Waals surface area contributed by atoms with Crippen molar-refractivity contribution in [2.45, 2.75) is 19.1 Å². The number of nitrogens with zero attached hydrogens (tertiary/aromatic N) is 1. The van der Waals surface area contributed by atoms with Crippen LogP contribution < -0.4 is 5.32 Å². The number of aliphatic hydroxyl groups is 1. The number of carboxylic acid groups (broad SMARTS) is 1. The first-order chi connectivity index (χ1) is 10.8. The number of hydrogen-bond donors (Lipinski definition) is 3. The largest absolute Gasteiger partial charge is 0.480 e. The molecule has 0 fully saturated rings. The van der Waals surface area contributed by atoms with Crippen molar-refractivity contribution in [2.24, 2.45) is 0 Å². The number of aliphatic carboxylic acids is 1. The third-order valence-electron chi connectivity index (χ3n) is 2.94. The van der Waals surface area contributed by atoms with Gasteiger partial charge in [-0.1, -0.05) is 23.2 Å². The maximum absolute atomic E-state index is 12.0. The second kappa shape index (κ2) is 6.99. The van der Waals surface area contributed by atoms with Crippen LogP contribution >= 0.6 is 23.2 Å². The van der Waals surface area contributed by atoms with Gasteiger partial charge in [0.15, 0.2) is 11.7 Å². The predicted octanol–water partition coefficient (Wildman–Crippen LogP) is 2.21. The van der Waals surface area contributed by atoms with Crippen molar-refractivity contribution in [1.82, 2.24) is 10.3 Å². The highest BCUT2D eigenvalue weighted by molar-refractivity contribution is 6.42. The molecule has 2 aromatic rings. The number of benzene rings is 1. The van der Waals surface area contributed by atoms with Crippen LogP contribution in [0.2, 0.25) is 10.0 Å². The molecule has 1 amide bonds. The molecule has 2 atom stereocenters. The molecule has 0 saturated heterocycles. The Kier molecular flexibility index (Phi) is 5.25. The molecule has 1 heterocycles. The third kappa shape index (κ3) is 4.01. The summed E-state index contributed by atoms with van der Waals surface area (Å²) in [6, 6.07) is 3.23. The summed E-state index contributed by atoms with van der Waals surface area (Å²) in [5.41, 5.74) is 0.377. The van der Waals surface area contributed by atoms with E-state index in [1.807, 2.05) is 0 Å². The predicted molar refractivity (Wildman–Crippen MR) is 82.5 cm³/mol. The van der Waals surface area contributed by atoms with Crippen LogP contribution in [0, 0.1) is 0 Å². The molecule has 2 rings (SSSR count). The zero-order valence-electron chi connectivity index (χ0n) is 11.8.